The minimum absolute atomic E-state index is 0.122. The molecule has 0 saturated heterocycles. The maximum atomic E-state index is 13.7. The zero-order valence-corrected chi connectivity index (χ0v) is 12.9. The normalized spacial score (nSPS) is 11.5. The summed E-state index contributed by atoms with van der Waals surface area (Å²) in [5.74, 6) is -0.772. The van der Waals surface area contributed by atoms with Crippen molar-refractivity contribution in [3.63, 3.8) is 0 Å². The molecule has 0 fully saturated rings. The van der Waals surface area contributed by atoms with Crippen LogP contribution in [0.2, 0.25) is 0 Å². The van der Waals surface area contributed by atoms with Gasteiger partial charge in [0.2, 0.25) is 15.6 Å². The first-order chi connectivity index (χ1) is 10.4. The zero-order chi connectivity index (χ0) is 16.2. The topological polar surface area (TPSA) is 68.2 Å². The van der Waals surface area contributed by atoms with E-state index in [-0.39, 0.29) is 17.0 Å². The van der Waals surface area contributed by atoms with Crippen LogP contribution in [0.15, 0.2) is 52.3 Å². The third-order valence-electron chi connectivity index (χ3n) is 3.14. The second-order valence-corrected chi connectivity index (χ2v) is 6.65. The lowest BCUT2D eigenvalue weighted by atomic mass is 10.2. The molecule has 0 saturated carbocycles. The van der Waals surface area contributed by atoms with Gasteiger partial charge in [-0.25, -0.2) is 17.5 Å². The molecule has 0 aliphatic rings. The Balaban J connectivity index is 1.96. The summed E-state index contributed by atoms with van der Waals surface area (Å²) in [7, 11) is -3.88. The molecular weight excluding hydrogens is 307 g/mol. The molecule has 0 spiro atoms. The first kappa shape index (κ1) is 16.4. The number of benzene rings is 1. The van der Waals surface area contributed by atoms with Gasteiger partial charge in [-0.2, -0.15) is 0 Å². The van der Waals surface area contributed by atoms with E-state index in [1.165, 1.54) is 22.8 Å². The van der Waals surface area contributed by atoms with E-state index >= 15 is 0 Å². The van der Waals surface area contributed by atoms with E-state index in [4.69, 9.17) is 0 Å². The van der Waals surface area contributed by atoms with Crippen LogP contribution in [0, 0.1) is 12.7 Å². The van der Waals surface area contributed by atoms with Crippen molar-refractivity contribution in [2.45, 2.75) is 24.8 Å². The Morgan fingerprint density at radius 1 is 1.23 bits per heavy atom. The molecule has 118 valence electrons. The predicted molar refractivity (Wildman–Crippen MR) is 81.6 cm³/mol. The smallest absolute Gasteiger partial charge is 0.250 e. The molecule has 0 atom stereocenters. The van der Waals surface area contributed by atoms with Gasteiger partial charge >= 0.3 is 0 Å². The molecule has 2 rings (SSSR count). The second kappa shape index (κ2) is 6.85. The van der Waals surface area contributed by atoms with Gasteiger partial charge < -0.3 is 4.57 Å². The van der Waals surface area contributed by atoms with Crippen molar-refractivity contribution in [3.05, 3.63) is 64.3 Å². The summed E-state index contributed by atoms with van der Waals surface area (Å²) in [6, 6.07) is 8.77. The first-order valence-electron chi connectivity index (χ1n) is 6.81. The monoisotopic (exact) mass is 324 g/mol. The van der Waals surface area contributed by atoms with Gasteiger partial charge in [0.25, 0.3) is 0 Å². The van der Waals surface area contributed by atoms with Crippen molar-refractivity contribution in [3.8, 4) is 0 Å². The quantitative estimate of drug-likeness (QED) is 0.822. The zero-order valence-electron chi connectivity index (χ0n) is 12.1. The summed E-state index contributed by atoms with van der Waals surface area (Å²) >= 11 is 0. The van der Waals surface area contributed by atoms with E-state index in [1.807, 2.05) is 0 Å². The van der Waals surface area contributed by atoms with Crippen LogP contribution in [0.4, 0.5) is 4.39 Å². The van der Waals surface area contributed by atoms with E-state index in [9.17, 15) is 17.6 Å². The van der Waals surface area contributed by atoms with Gasteiger partial charge in [0.1, 0.15) is 10.7 Å². The number of pyridine rings is 1. The third kappa shape index (κ3) is 4.02. The van der Waals surface area contributed by atoms with Crippen LogP contribution in [-0.2, 0) is 16.6 Å². The first-order valence-corrected chi connectivity index (χ1v) is 8.30. The van der Waals surface area contributed by atoms with Gasteiger partial charge in [-0.1, -0.05) is 12.1 Å². The van der Waals surface area contributed by atoms with Crippen LogP contribution < -0.4 is 10.3 Å². The summed E-state index contributed by atoms with van der Waals surface area (Å²) in [6.45, 7) is 2.19. The molecule has 7 heteroatoms. The Morgan fingerprint density at radius 2 is 2.00 bits per heavy atom. The fourth-order valence-electron chi connectivity index (χ4n) is 2.00. The molecule has 0 unspecified atom stereocenters. The summed E-state index contributed by atoms with van der Waals surface area (Å²) in [4.78, 5) is 11.1. The molecule has 2 aromatic rings. The van der Waals surface area contributed by atoms with Gasteiger partial charge in [0.15, 0.2) is 0 Å². The third-order valence-corrected chi connectivity index (χ3v) is 4.64. The van der Waals surface area contributed by atoms with Gasteiger partial charge in [-0.05, 0) is 37.1 Å². The van der Waals surface area contributed by atoms with Crippen LogP contribution in [-0.4, -0.2) is 19.5 Å². The van der Waals surface area contributed by atoms with E-state index < -0.39 is 15.8 Å². The lowest BCUT2D eigenvalue weighted by molar-refractivity contribution is 0.548. The van der Waals surface area contributed by atoms with Gasteiger partial charge in [0, 0.05) is 25.4 Å². The summed E-state index contributed by atoms with van der Waals surface area (Å²) in [6.07, 6.45) is 2.06. The number of nitrogens with zero attached hydrogens (tertiary/aromatic N) is 1. The highest BCUT2D eigenvalue weighted by Gasteiger charge is 2.18. The average Bonchev–Trinajstić information content (AvgIpc) is 2.45. The Morgan fingerprint density at radius 3 is 2.68 bits per heavy atom. The molecule has 1 aromatic carbocycles. The number of halogens is 1. The number of hydrogen-bond donors (Lipinski definition) is 1. The molecule has 5 nitrogen and oxygen atoms in total. The van der Waals surface area contributed by atoms with E-state index in [1.54, 1.807) is 31.3 Å². The standard InChI is InChI=1S/C15H17FN2O3S/c1-12-6-7-14(13(16)11-12)22(20,21)17-8-4-10-18-9-3-2-5-15(18)19/h2-3,5-7,9,11,17H,4,8,10H2,1H3. The van der Waals surface area contributed by atoms with Gasteiger partial charge in [-0.15, -0.1) is 0 Å². The highest BCUT2D eigenvalue weighted by molar-refractivity contribution is 7.89. The number of aryl methyl sites for hydroxylation is 2. The fourth-order valence-corrected chi connectivity index (χ4v) is 3.13. The Kier molecular flexibility index (Phi) is 5.10. The van der Waals surface area contributed by atoms with Crippen molar-refractivity contribution in [2.75, 3.05) is 6.54 Å². The lowest BCUT2D eigenvalue weighted by Gasteiger charge is -2.09. The minimum atomic E-state index is -3.88. The Labute approximate surface area is 128 Å². The van der Waals surface area contributed by atoms with Crippen LogP contribution in [0.1, 0.15) is 12.0 Å². The van der Waals surface area contributed by atoms with Crippen LogP contribution in [0.3, 0.4) is 0 Å². The highest BCUT2D eigenvalue weighted by Crippen LogP contribution is 2.15. The van der Waals surface area contributed by atoms with Crippen LogP contribution in [0.5, 0.6) is 0 Å². The maximum absolute atomic E-state index is 13.7. The van der Waals surface area contributed by atoms with Crippen molar-refractivity contribution < 1.29 is 12.8 Å². The maximum Gasteiger partial charge on any atom is 0.250 e. The SMILES string of the molecule is Cc1ccc(S(=O)(=O)NCCCn2ccccc2=O)c(F)c1. The average molecular weight is 324 g/mol. The molecule has 0 aliphatic heterocycles. The Hall–Kier alpha value is -1.99. The van der Waals surface area contributed by atoms with Gasteiger partial charge in [0.05, 0.1) is 0 Å². The number of nitrogens with one attached hydrogen (secondary N) is 1. The van der Waals surface area contributed by atoms with E-state index in [0.717, 1.165) is 0 Å². The van der Waals surface area contributed by atoms with Crippen LogP contribution in [0.25, 0.3) is 0 Å². The van der Waals surface area contributed by atoms with E-state index in [0.29, 0.717) is 18.5 Å². The molecule has 1 N–H and O–H groups in total. The number of aromatic nitrogens is 1. The lowest BCUT2D eigenvalue weighted by Crippen LogP contribution is -2.27. The number of sulfonamides is 1. The Bertz CT molecular complexity index is 816. The highest BCUT2D eigenvalue weighted by atomic mass is 32.2. The molecule has 1 aromatic heterocycles. The summed E-state index contributed by atoms with van der Waals surface area (Å²) in [5, 5.41) is 0. The van der Waals surface area contributed by atoms with Crippen molar-refractivity contribution in [1.29, 1.82) is 0 Å². The van der Waals surface area contributed by atoms with Crippen molar-refractivity contribution >= 4 is 10.0 Å². The molecular formula is C15H17FN2O3S. The molecule has 0 aliphatic carbocycles. The van der Waals surface area contributed by atoms with Crippen LogP contribution >= 0.6 is 0 Å². The molecule has 22 heavy (non-hydrogen) atoms. The van der Waals surface area contributed by atoms with Crippen molar-refractivity contribution in [2.24, 2.45) is 0 Å². The number of hydrogen-bond acceptors (Lipinski definition) is 3. The fraction of sp³-hybridized carbons (Fsp3) is 0.267. The molecule has 0 amide bonds. The minimum Gasteiger partial charge on any atom is -0.315 e. The predicted octanol–water partition coefficient (Wildman–Crippen LogP) is 1.66. The van der Waals surface area contributed by atoms with Crippen molar-refractivity contribution in [1.82, 2.24) is 9.29 Å². The van der Waals surface area contributed by atoms with Gasteiger partial charge in [-0.3, -0.25) is 4.79 Å². The van der Waals surface area contributed by atoms with E-state index in [2.05, 4.69) is 4.72 Å². The number of rotatable bonds is 6. The molecule has 0 bridgehead atoms. The summed E-state index contributed by atoms with van der Waals surface area (Å²) in [5.41, 5.74) is 0.509. The molecule has 1 heterocycles. The summed E-state index contributed by atoms with van der Waals surface area (Å²) < 4.78 is 41.6. The largest absolute Gasteiger partial charge is 0.315 e. The second-order valence-electron chi connectivity index (χ2n) is 4.92. The molecule has 0 radical (unpaired) electrons.